The summed E-state index contributed by atoms with van der Waals surface area (Å²) in [4.78, 5) is 96.7. The number of carbonyl (C=O) groups is 6. The molecular weight excluding hydrogens is 809 g/mol. The molecule has 3 heterocycles. The lowest BCUT2D eigenvalue weighted by molar-refractivity contribution is -0.141. The van der Waals surface area contributed by atoms with Gasteiger partial charge in [-0.3, -0.25) is 38.6 Å². The predicted molar refractivity (Wildman–Crippen MR) is 230 cm³/mol. The summed E-state index contributed by atoms with van der Waals surface area (Å²) < 4.78 is 29.8. The van der Waals surface area contributed by atoms with Crippen LogP contribution in [0.15, 0.2) is 36.4 Å². The first-order valence-corrected chi connectivity index (χ1v) is 20.7. The molecule has 3 rings (SSSR count). The average Bonchev–Trinajstić information content (AvgIpc) is 3.30. The second-order valence-electron chi connectivity index (χ2n) is 14.3. The maximum Gasteiger partial charge on any atom is 0.307 e. The number of carbonyl (C=O) groups excluding carboxylic acids is 6. The molecule has 0 amide bonds. The minimum atomic E-state index is -0.387. The van der Waals surface area contributed by atoms with Gasteiger partial charge in [-0.15, -0.1) is 0 Å². The molecule has 0 saturated carbocycles. The van der Waals surface area contributed by atoms with E-state index in [-0.39, 0.29) is 101 Å². The van der Waals surface area contributed by atoms with Crippen LogP contribution in [0, 0.1) is 0 Å². The van der Waals surface area contributed by atoms with Crippen LogP contribution in [0.2, 0.25) is 0 Å². The number of rotatable bonds is 18. The van der Waals surface area contributed by atoms with Crippen molar-refractivity contribution in [2.45, 2.75) is 38.5 Å². The molecule has 0 atom stereocenters. The molecule has 62 heavy (non-hydrogen) atoms. The standard InChI is InChI=1S/C42H64N8O12/c1-57-37(51)13-19-45-25-29-47(21-15-39(53)59-3)33-9-7-11-35(43-33)49(23-17-41(55)61-5)31-27-46(20-14-38(52)58-2)28-32-50(24-18-42(56)62-6)36-12-8-10-34(44-36)48(30-26-45)22-16-40(54)60-4/h7-12H,13-32H2,1-6H3. The Hall–Kier alpha value is -5.76. The molecule has 0 saturated heterocycles. The summed E-state index contributed by atoms with van der Waals surface area (Å²) in [6.45, 7) is 5.27. The topological polar surface area (TPSA) is 203 Å². The van der Waals surface area contributed by atoms with E-state index < -0.39 is 0 Å². The zero-order chi connectivity index (χ0) is 45.3. The van der Waals surface area contributed by atoms with Crippen LogP contribution in [0.3, 0.4) is 0 Å². The smallest absolute Gasteiger partial charge is 0.307 e. The van der Waals surface area contributed by atoms with Gasteiger partial charge in [-0.05, 0) is 24.3 Å². The first kappa shape index (κ1) is 50.6. The highest BCUT2D eigenvalue weighted by Gasteiger charge is 2.22. The number of ether oxygens (including phenoxy) is 6. The van der Waals surface area contributed by atoms with Crippen LogP contribution in [0.25, 0.3) is 0 Å². The van der Waals surface area contributed by atoms with Crippen molar-refractivity contribution in [1.82, 2.24) is 19.8 Å². The molecular formula is C42H64N8O12. The average molecular weight is 873 g/mol. The van der Waals surface area contributed by atoms with Crippen LogP contribution in [0.5, 0.6) is 0 Å². The van der Waals surface area contributed by atoms with Crippen molar-refractivity contribution in [3.8, 4) is 0 Å². The molecule has 0 aromatic carbocycles. The van der Waals surface area contributed by atoms with E-state index in [1.54, 1.807) is 0 Å². The largest absolute Gasteiger partial charge is 0.469 e. The van der Waals surface area contributed by atoms with Gasteiger partial charge in [-0.1, -0.05) is 12.1 Å². The fourth-order valence-electron chi connectivity index (χ4n) is 6.63. The van der Waals surface area contributed by atoms with Gasteiger partial charge in [0, 0.05) is 91.6 Å². The minimum absolute atomic E-state index is 0.0890. The molecule has 2 aromatic heterocycles. The number of anilines is 4. The molecule has 344 valence electrons. The first-order valence-electron chi connectivity index (χ1n) is 20.7. The monoisotopic (exact) mass is 872 g/mol. The summed E-state index contributed by atoms with van der Waals surface area (Å²) in [6.07, 6.45) is 0.613. The third kappa shape index (κ3) is 18.1. The summed E-state index contributed by atoms with van der Waals surface area (Å²) >= 11 is 0. The number of methoxy groups -OCH3 is 6. The normalized spacial score (nSPS) is 14.7. The second kappa shape index (κ2) is 28.0. The van der Waals surface area contributed by atoms with Crippen molar-refractivity contribution in [1.29, 1.82) is 0 Å². The summed E-state index contributed by atoms with van der Waals surface area (Å²) in [5.41, 5.74) is 0. The van der Waals surface area contributed by atoms with Gasteiger partial charge < -0.3 is 48.0 Å². The van der Waals surface area contributed by atoms with Crippen molar-refractivity contribution in [2.24, 2.45) is 0 Å². The van der Waals surface area contributed by atoms with Crippen LogP contribution < -0.4 is 19.6 Å². The summed E-state index contributed by atoms with van der Waals surface area (Å²) in [5.74, 6) is 0.0543. The number of nitrogens with zero attached hydrogens (tertiary/aromatic N) is 8. The summed E-state index contributed by atoms with van der Waals surface area (Å²) in [7, 11) is 8.03. The van der Waals surface area contributed by atoms with Crippen molar-refractivity contribution in [3.63, 3.8) is 0 Å². The second-order valence-corrected chi connectivity index (χ2v) is 14.3. The van der Waals surface area contributed by atoms with Crippen LogP contribution >= 0.6 is 0 Å². The third-order valence-corrected chi connectivity index (χ3v) is 10.5. The molecule has 0 fully saturated rings. The van der Waals surface area contributed by atoms with Crippen LogP contribution in [-0.2, 0) is 57.2 Å². The maximum atomic E-state index is 12.4. The lowest BCUT2D eigenvalue weighted by atomic mass is 10.2. The van der Waals surface area contributed by atoms with Crippen molar-refractivity contribution in [3.05, 3.63) is 36.4 Å². The Balaban J connectivity index is 2.17. The molecule has 0 unspecified atom stereocenters. The molecule has 1 aliphatic heterocycles. The molecule has 0 aliphatic carbocycles. The summed E-state index contributed by atoms with van der Waals surface area (Å²) in [6, 6.07) is 11.1. The van der Waals surface area contributed by atoms with Gasteiger partial charge in [0.15, 0.2) is 0 Å². The van der Waals surface area contributed by atoms with Crippen molar-refractivity contribution >= 4 is 59.1 Å². The van der Waals surface area contributed by atoms with E-state index in [0.29, 0.717) is 88.7 Å². The molecule has 20 heteroatoms. The molecule has 0 spiro atoms. The number of hydrogen-bond donors (Lipinski definition) is 0. The molecule has 2 aromatic rings. The van der Waals surface area contributed by atoms with Gasteiger partial charge in [0.25, 0.3) is 0 Å². The van der Waals surface area contributed by atoms with E-state index in [4.69, 9.17) is 38.4 Å². The summed E-state index contributed by atoms with van der Waals surface area (Å²) in [5, 5.41) is 0. The number of esters is 6. The highest BCUT2D eigenvalue weighted by atomic mass is 16.5. The molecule has 4 bridgehead atoms. The Morgan fingerprint density at radius 3 is 0.790 bits per heavy atom. The van der Waals surface area contributed by atoms with Gasteiger partial charge in [0.1, 0.15) is 23.3 Å². The van der Waals surface area contributed by atoms with E-state index in [0.717, 1.165) is 0 Å². The molecule has 0 N–H and O–H groups in total. The van der Waals surface area contributed by atoms with Crippen molar-refractivity contribution < 1.29 is 57.2 Å². The van der Waals surface area contributed by atoms with E-state index in [1.807, 2.05) is 56.0 Å². The zero-order valence-corrected chi connectivity index (χ0v) is 37.1. The van der Waals surface area contributed by atoms with E-state index in [2.05, 4.69) is 9.80 Å². The lowest BCUT2D eigenvalue weighted by Crippen LogP contribution is -2.43. The Kier molecular flexibility index (Phi) is 22.8. The van der Waals surface area contributed by atoms with Gasteiger partial charge >= 0.3 is 35.8 Å². The quantitative estimate of drug-likeness (QED) is 0.153. The number of fused-ring (bicyclic) bond motifs is 4. The highest BCUT2D eigenvalue weighted by Crippen LogP contribution is 2.22. The van der Waals surface area contributed by atoms with Crippen LogP contribution in [0.1, 0.15) is 38.5 Å². The van der Waals surface area contributed by atoms with Gasteiger partial charge in [0.2, 0.25) is 0 Å². The van der Waals surface area contributed by atoms with Gasteiger partial charge in [0.05, 0.1) is 81.2 Å². The third-order valence-electron chi connectivity index (χ3n) is 10.5. The predicted octanol–water partition coefficient (Wildman–Crippen LogP) is 1.40. The SMILES string of the molecule is COC(=O)CCN1CCN(CCC(=O)OC)c2cccc(n2)N(CCC(=O)OC)CCN(CCC(=O)OC)CCN(CCC(=O)OC)c2cccc(n2)N(CCC(=O)OC)CC1. The minimum Gasteiger partial charge on any atom is -0.469 e. The fraction of sp³-hybridized carbons (Fsp3) is 0.619. The Morgan fingerprint density at radius 1 is 0.371 bits per heavy atom. The number of aromatic nitrogens is 2. The van der Waals surface area contributed by atoms with Gasteiger partial charge in [-0.25, -0.2) is 9.97 Å². The van der Waals surface area contributed by atoms with Gasteiger partial charge in [-0.2, -0.15) is 0 Å². The van der Waals surface area contributed by atoms with E-state index >= 15 is 0 Å². The van der Waals surface area contributed by atoms with Crippen LogP contribution in [-0.4, -0.2) is 190 Å². The maximum absolute atomic E-state index is 12.4. The Bertz CT molecular complexity index is 1520. The highest BCUT2D eigenvalue weighted by molar-refractivity contribution is 5.72. The van der Waals surface area contributed by atoms with E-state index in [9.17, 15) is 28.8 Å². The first-order chi connectivity index (χ1) is 29.9. The zero-order valence-electron chi connectivity index (χ0n) is 37.1. The molecule has 0 radical (unpaired) electrons. The van der Waals surface area contributed by atoms with Crippen LogP contribution in [0.4, 0.5) is 23.3 Å². The van der Waals surface area contributed by atoms with E-state index in [1.165, 1.54) is 42.7 Å². The Labute approximate surface area is 364 Å². The molecule has 1 aliphatic rings. The Morgan fingerprint density at radius 2 is 0.581 bits per heavy atom. The number of pyridine rings is 2. The van der Waals surface area contributed by atoms with Crippen molar-refractivity contribution in [2.75, 3.05) is 154 Å². The fourth-order valence-corrected chi connectivity index (χ4v) is 6.63. The molecule has 20 nitrogen and oxygen atoms in total. The number of hydrogen-bond acceptors (Lipinski definition) is 20. The lowest BCUT2D eigenvalue weighted by Gasteiger charge is -2.33.